The fourth-order valence-corrected chi connectivity index (χ4v) is 5.46. The van der Waals surface area contributed by atoms with Gasteiger partial charge in [-0.25, -0.2) is 4.68 Å². The smallest absolute Gasteiger partial charge is 0.252 e. The number of aryl methyl sites for hydroxylation is 2. The molecule has 41 heavy (non-hydrogen) atoms. The Labute approximate surface area is 238 Å². The molecule has 1 aliphatic rings. The number of H-pyrrole nitrogens is 1. The molecule has 6 rings (SSSR count). The van der Waals surface area contributed by atoms with E-state index in [2.05, 4.69) is 56.6 Å². The van der Waals surface area contributed by atoms with Gasteiger partial charge in [0.2, 0.25) is 0 Å². The third-order valence-corrected chi connectivity index (χ3v) is 7.50. The summed E-state index contributed by atoms with van der Waals surface area (Å²) in [7, 11) is 0. The third kappa shape index (κ3) is 6.15. The maximum absolute atomic E-state index is 13.4. The number of benzene rings is 3. The molecule has 0 aliphatic carbocycles. The minimum absolute atomic E-state index is 0.0821. The van der Waals surface area contributed by atoms with Crippen LogP contribution in [0.3, 0.4) is 0 Å². The average Bonchev–Trinajstić information content (AvgIpc) is 3.47. The van der Waals surface area contributed by atoms with Crippen LogP contribution in [0, 0.1) is 0 Å². The first-order valence-corrected chi connectivity index (χ1v) is 14.2. The van der Waals surface area contributed by atoms with Crippen LogP contribution in [0.25, 0.3) is 10.9 Å². The van der Waals surface area contributed by atoms with Crippen molar-refractivity contribution in [3.8, 4) is 11.5 Å². The molecule has 0 saturated heterocycles. The van der Waals surface area contributed by atoms with Crippen LogP contribution in [0.15, 0.2) is 83.7 Å². The number of ether oxygens (including phenoxy) is 2. The molecule has 0 amide bonds. The van der Waals surface area contributed by atoms with Gasteiger partial charge in [0.05, 0.1) is 11.6 Å². The lowest BCUT2D eigenvalue weighted by Gasteiger charge is -2.31. The highest BCUT2D eigenvalue weighted by Crippen LogP contribution is 2.34. The molecule has 1 atom stereocenters. The fourth-order valence-electron chi connectivity index (χ4n) is 5.46. The van der Waals surface area contributed by atoms with Crippen molar-refractivity contribution in [2.75, 3.05) is 13.2 Å². The Bertz CT molecular complexity index is 1650. The predicted molar refractivity (Wildman–Crippen MR) is 157 cm³/mol. The number of aromatic amines is 1. The standard InChI is InChI=1S/C32H34N6O3/c1-2-9-28(31-34-35-36-38(31)15-14-23-10-5-3-6-11-23)37(21-24-12-7-4-8-13-24)22-26-18-25-19-29-30(41-17-16-40-29)20-27(25)33-32(26)39/h3-8,10-13,18-20,28H,2,9,14-17,21-22H2,1H3,(H,33,39)/t28-/m1/s1. The monoisotopic (exact) mass is 550 g/mol. The topological polar surface area (TPSA) is 98.2 Å². The second kappa shape index (κ2) is 12.3. The first kappa shape index (κ1) is 26.7. The zero-order valence-electron chi connectivity index (χ0n) is 23.2. The van der Waals surface area contributed by atoms with Gasteiger partial charge >= 0.3 is 0 Å². The van der Waals surface area contributed by atoms with E-state index in [0.29, 0.717) is 49.9 Å². The van der Waals surface area contributed by atoms with Crippen LogP contribution in [0.5, 0.6) is 11.5 Å². The molecule has 0 spiro atoms. The van der Waals surface area contributed by atoms with E-state index in [0.717, 1.165) is 41.6 Å². The Morgan fingerprint density at radius 1 is 0.927 bits per heavy atom. The molecular weight excluding hydrogens is 516 g/mol. The summed E-state index contributed by atoms with van der Waals surface area (Å²) in [6.07, 6.45) is 2.62. The van der Waals surface area contributed by atoms with E-state index in [-0.39, 0.29) is 11.6 Å². The van der Waals surface area contributed by atoms with Crippen molar-refractivity contribution in [2.24, 2.45) is 0 Å². The summed E-state index contributed by atoms with van der Waals surface area (Å²) in [5.74, 6) is 2.17. The molecule has 3 aromatic carbocycles. The van der Waals surface area contributed by atoms with Gasteiger partial charge in [0, 0.05) is 36.7 Å². The molecule has 3 heterocycles. The summed E-state index contributed by atoms with van der Waals surface area (Å²) in [5.41, 5.74) is 3.68. The van der Waals surface area contributed by atoms with Crippen LogP contribution < -0.4 is 15.0 Å². The van der Waals surface area contributed by atoms with E-state index < -0.39 is 0 Å². The highest BCUT2D eigenvalue weighted by molar-refractivity contribution is 5.83. The van der Waals surface area contributed by atoms with Gasteiger partial charge in [-0.05, 0) is 46.5 Å². The molecule has 1 N–H and O–H groups in total. The molecule has 210 valence electrons. The highest BCUT2D eigenvalue weighted by Gasteiger charge is 2.27. The number of rotatable bonds is 11. The zero-order chi connectivity index (χ0) is 28.0. The van der Waals surface area contributed by atoms with Crippen molar-refractivity contribution in [3.05, 3.63) is 112 Å². The molecular formula is C32H34N6O3. The van der Waals surface area contributed by atoms with E-state index >= 15 is 0 Å². The Morgan fingerprint density at radius 2 is 1.63 bits per heavy atom. The van der Waals surface area contributed by atoms with Gasteiger partial charge in [-0.1, -0.05) is 74.0 Å². The second-order valence-electron chi connectivity index (χ2n) is 10.4. The van der Waals surface area contributed by atoms with Gasteiger partial charge in [0.15, 0.2) is 17.3 Å². The number of tetrazole rings is 1. The Hall–Kier alpha value is -4.50. The number of hydrogen-bond acceptors (Lipinski definition) is 7. The van der Waals surface area contributed by atoms with E-state index in [1.807, 2.05) is 59.3 Å². The lowest BCUT2D eigenvalue weighted by Crippen LogP contribution is -2.32. The van der Waals surface area contributed by atoms with Crippen LogP contribution >= 0.6 is 0 Å². The molecule has 0 saturated carbocycles. The number of nitrogens with zero attached hydrogens (tertiary/aromatic N) is 5. The molecule has 2 aromatic heterocycles. The van der Waals surface area contributed by atoms with Gasteiger partial charge in [-0.2, -0.15) is 0 Å². The van der Waals surface area contributed by atoms with E-state index in [4.69, 9.17) is 9.47 Å². The van der Waals surface area contributed by atoms with Crippen molar-refractivity contribution in [1.29, 1.82) is 0 Å². The average molecular weight is 551 g/mol. The number of pyridine rings is 1. The van der Waals surface area contributed by atoms with Crippen LogP contribution in [-0.4, -0.2) is 43.3 Å². The van der Waals surface area contributed by atoms with Crippen molar-refractivity contribution in [2.45, 2.75) is 51.9 Å². The van der Waals surface area contributed by atoms with Crippen LogP contribution in [0.1, 0.15) is 48.3 Å². The van der Waals surface area contributed by atoms with Gasteiger partial charge in [0.1, 0.15) is 13.2 Å². The van der Waals surface area contributed by atoms with Crippen molar-refractivity contribution < 1.29 is 9.47 Å². The normalized spacial score (nSPS) is 13.5. The predicted octanol–water partition coefficient (Wildman–Crippen LogP) is 5.07. The van der Waals surface area contributed by atoms with Crippen LogP contribution in [0.2, 0.25) is 0 Å². The first-order chi connectivity index (χ1) is 20.2. The van der Waals surface area contributed by atoms with Crippen molar-refractivity contribution in [3.63, 3.8) is 0 Å². The molecule has 0 unspecified atom stereocenters. The molecule has 9 heteroatoms. The SMILES string of the molecule is CCC[C@H](c1nnnn1CCc1ccccc1)N(Cc1ccccc1)Cc1cc2cc3c(cc2[nH]c1=O)OCCO3. The van der Waals surface area contributed by atoms with E-state index in [9.17, 15) is 4.79 Å². The van der Waals surface area contributed by atoms with Gasteiger partial charge in [-0.15, -0.1) is 5.10 Å². The third-order valence-electron chi connectivity index (χ3n) is 7.50. The Kier molecular flexibility index (Phi) is 8.04. The lowest BCUT2D eigenvalue weighted by atomic mass is 10.0. The number of fused-ring (bicyclic) bond motifs is 2. The van der Waals surface area contributed by atoms with Crippen molar-refractivity contribution in [1.82, 2.24) is 30.1 Å². The number of nitrogens with one attached hydrogen (secondary N) is 1. The maximum atomic E-state index is 13.4. The molecule has 0 bridgehead atoms. The lowest BCUT2D eigenvalue weighted by molar-refractivity contribution is 0.155. The van der Waals surface area contributed by atoms with Crippen LogP contribution in [-0.2, 0) is 26.1 Å². The minimum atomic E-state index is -0.119. The van der Waals surface area contributed by atoms with Crippen LogP contribution in [0.4, 0.5) is 0 Å². The summed E-state index contributed by atoms with van der Waals surface area (Å²) >= 11 is 0. The van der Waals surface area contributed by atoms with E-state index in [1.54, 1.807) is 0 Å². The fraction of sp³-hybridized carbons (Fsp3) is 0.312. The maximum Gasteiger partial charge on any atom is 0.252 e. The summed E-state index contributed by atoms with van der Waals surface area (Å²) in [4.78, 5) is 18.8. The highest BCUT2D eigenvalue weighted by atomic mass is 16.6. The second-order valence-corrected chi connectivity index (χ2v) is 10.4. The first-order valence-electron chi connectivity index (χ1n) is 14.2. The summed E-state index contributed by atoms with van der Waals surface area (Å²) in [6, 6.07) is 26.4. The molecule has 9 nitrogen and oxygen atoms in total. The molecule has 1 aliphatic heterocycles. The minimum Gasteiger partial charge on any atom is -0.486 e. The Morgan fingerprint density at radius 3 is 2.37 bits per heavy atom. The summed E-state index contributed by atoms with van der Waals surface area (Å²) in [6.45, 7) is 4.94. The molecule has 5 aromatic rings. The molecule has 0 radical (unpaired) electrons. The summed E-state index contributed by atoms with van der Waals surface area (Å²) in [5, 5.41) is 13.9. The quantitative estimate of drug-likeness (QED) is 0.245. The molecule has 0 fully saturated rings. The van der Waals surface area contributed by atoms with E-state index in [1.165, 1.54) is 5.56 Å². The number of aromatic nitrogens is 5. The summed E-state index contributed by atoms with van der Waals surface area (Å²) < 4.78 is 13.4. The van der Waals surface area contributed by atoms with Gasteiger partial charge in [-0.3, -0.25) is 9.69 Å². The largest absolute Gasteiger partial charge is 0.486 e. The zero-order valence-corrected chi connectivity index (χ0v) is 23.2. The Balaban J connectivity index is 1.34. The number of hydrogen-bond donors (Lipinski definition) is 1. The van der Waals surface area contributed by atoms with Crippen molar-refractivity contribution >= 4 is 10.9 Å². The van der Waals surface area contributed by atoms with Gasteiger partial charge in [0.25, 0.3) is 5.56 Å². The van der Waals surface area contributed by atoms with Gasteiger partial charge < -0.3 is 14.5 Å².